The fraction of sp³-hybridized carbons (Fsp3) is 0.462. The van der Waals surface area contributed by atoms with E-state index < -0.39 is 11.8 Å². The number of rotatable bonds is 4. The lowest BCUT2D eigenvalue weighted by atomic mass is 9.90. The van der Waals surface area contributed by atoms with Gasteiger partial charge in [-0.15, -0.1) is 0 Å². The molecule has 1 fully saturated rings. The van der Waals surface area contributed by atoms with E-state index >= 15 is 0 Å². The number of carboxylic acid groups (broad SMARTS) is 1. The highest BCUT2D eigenvalue weighted by atomic mass is 35.5. The highest BCUT2D eigenvalue weighted by molar-refractivity contribution is 6.30. The van der Waals surface area contributed by atoms with Crippen molar-refractivity contribution in [2.24, 2.45) is 5.92 Å². The van der Waals surface area contributed by atoms with E-state index in [2.05, 4.69) is 0 Å². The van der Waals surface area contributed by atoms with Crippen LogP contribution in [0.1, 0.15) is 36.3 Å². The van der Waals surface area contributed by atoms with Crippen molar-refractivity contribution in [1.82, 2.24) is 0 Å². The summed E-state index contributed by atoms with van der Waals surface area (Å²) < 4.78 is 13.4. The molecule has 17 heavy (non-hydrogen) atoms. The largest absolute Gasteiger partial charge is 0.481 e. The molecule has 0 amide bonds. The fourth-order valence-electron chi connectivity index (χ4n) is 2.21. The van der Waals surface area contributed by atoms with Gasteiger partial charge in [-0.2, -0.15) is 0 Å². The molecular formula is C13H14ClFO2. The first-order valence-corrected chi connectivity index (χ1v) is 6.04. The average Bonchev–Trinajstić information content (AvgIpc) is 3.05. The lowest BCUT2D eigenvalue weighted by Gasteiger charge is -2.16. The summed E-state index contributed by atoms with van der Waals surface area (Å²) in [6.07, 6.45) is 2.18. The summed E-state index contributed by atoms with van der Waals surface area (Å²) in [5, 5.41) is 8.99. The van der Waals surface area contributed by atoms with Gasteiger partial charge in [-0.05, 0) is 48.8 Å². The van der Waals surface area contributed by atoms with Crippen molar-refractivity contribution in [2.45, 2.75) is 32.1 Å². The predicted molar refractivity (Wildman–Crippen MR) is 63.9 cm³/mol. The van der Waals surface area contributed by atoms with Crippen LogP contribution in [0.3, 0.4) is 0 Å². The van der Waals surface area contributed by atoms with Gasteiger partial charge in [-0.25, -0.2) is 4.39 Å². The number of aliphatic carboxylic acids is 1. The van der Waals surface area contributed by atoms with Crippen molar-refractivity contribution >= 4 is 17.6 Å². The zero-order valence-electron chi connectivity index (χ0n) is 9.54. The van der Waals surface area contributed by atoms with Gasteiger partial charge in [0.25, 0.3) is 0 Å². The summed E-state index contributed by atoms with van der Waals surface area (Å²) in [6.45, 7) is 1.65. The number of carbonyl (C=O) groups is 1. The van der Waals surface area contributed by atoms with Crippen LogP contribution in [-0.4, -0.2) is 11.1 Å². The third-order valence-corrected chi connectivity index (χ3v) is 3.52. The van der Waals surface area contributed by atoms with Gasteiger partial charge in [0.15, 0.2) is 0 Å². The first-order valence-electron chi connectivity index (χ1n) is 5.66. The molecule has 2 nitrogen and oxygen atoms in total. The van der Waals surface area contributed by atoms with Crippen molar-refractivity contribution in [3.8, 4) is 0 Å². The molecule has 4 heteroatoms. The summed E-state index contributed by atoms with van der Waals surface area (Å²) in [6, 6.07) is 3.28. The Kier molecular flexibility index (Phi) is 3.38. The van der Waals surface area contributed by atoms with Crippen LogP contribution in [0.25, 0.3) is 0 Å². The first-order chi connectivity index (χ1) is 7.99. The minimum atomic E-state index is -0.819. The lowest BCUT2D eigenvalue weighted by Crippen LogP contribution is -2.09. The second-order valence-electron chi connectivity index (χ2n) is 4.68. The fourth-order valence-corrected chi connectivity index (χ4v) is 2.49. The van der Waals surface area contributed by atoms with Gasteiger partial charge in [-0.1, -0.05) is 17.7 Å². The molecule has 1 unspecified atom stereocenters. The lowest BCUT2D eigenvalue weighted by molar-refractivity contribution is -0.137. The van der Waals surface area contributed by atoms with Gasteiger partial charge in [0, 0.05) is 0 Å². The maximum absolute atomic E-state index is 13.4. The Labute approximate surface area is 104 Å². The molecule has 0 aromatic heterocycles. The van der Waals surface area contributed by atoms with Crippen molar-refractivity contribution in [3.05, 3.63) is 34.1 Å². The van der Waals surface area contributed by atoms with Crippen LogP contribution < -0.4 is 0 Å². The molecule has 1 aliphatic carbocycles. The van der Waals surface area contributed by atoms with Gasteiger partial charge >= 0.3 is 5.97 Å². The first kappa shape index (κ1) is 12.4. The summed E-state index contributed by atoms with van der Waals surface area (Å²) in [5.41, 5.74) is 1.32. The Morgan fingerprint density at radius 3 is 2.71 bits per heavy atom. The third-order valence-electron chi connectivity index (χ3n) is 3.25. The van der Waals surface area contributed by atoms with Crippen molar-refractivity contribution in [2.75, 3.05) is 0 Å². The van der Waals surface area contributed by atoms with E-state index in [1.807, 2.05) is 0 Å². The summed E-state index contributed by atoms with van der Waals surface area (Å²) in [4.78, 5) is 10.8. The molecule has 0 spiro atoms. The van der Waals surface area contributed by atoms with E-state index in [1.54, 1.807) is 19.1 Å². The van der Waals surface area contributed by atoms with Crippen molar-refractivity contribution < 1.29 is 14.3 Å². The second-order valence-corrected chi connectivity index (χ2v) is 5.08. The molecule has 2 rings (SSSR count). The molecule has 0 bridgehead atoms. The van der Waals surface area contributed by atoms with E-state index in [9.17, 15) is 9.18 Å². The second kappa shape index (κ2) is 4.65. The molecule has 1 aliphatic rings. The smallest absolute Gasteiger partial charge is 0.303 e. The van der Waals surface area contributed by atoms with Gasteiger partial charge < -0.3 is 5.11 Å². The molecule has 0 saturated heterocycles. The SMILES string of the molecule is Cc1cc(C(CC(=O)O)C2CC2)cc(Cl)c1F. The molecular weight excluding hydrogens is 243 g/mol. The maximum atomic E-state index is 13.4. The highest BCUT2D eigenvalue weighted by Gasteiger charge is 2.34. The number of hydrogen-bond acceptors (Lipinski definition) is 1. The Morgan fingerprint density at radius 2 is 2.24 bits per heavy atom. The van der Waals surface area contributed by atoms with Crippen molar-refractivity contribution in [1.29, 1.82) is 0 Å². The molecule has 0 aliphatic heterocycles. The maximum Gasteiger partial charge on any atom is 0.303 e. The van der Waals surface area contributed by atoms with Gasteiger partial charge in [0.2, 0.25) is 0 Å². The monoisotopic (exact) mass is 256 g/mol. The van der Waals surface area contributed by atoms with E-state index in [0.29, 0.717) is 11.5 Å². The van der Waals surface area contributed by atoms with E-state index in [0.717, 1.165) is 18.4 Å². The van der Waals surface area contributed by atoms with Crippen LogP contribution in [0.15, 0.2) is 12.1 Å². The molecule has 1 saturated carbocycles. The minimum Gasteiger partial charge on any atom is -0.481 e. The predicted octanol–water partition coefficient (Wildman–Crippen LogP) is 3.76. The molecule has 1 aromatic carbocycles. The van der Waals surface area contributed by atoms with Crippen LogP contribution in [0, 0.1) is 18.7 Å². The van der Waals surface area contributed by atoms with Crippen LogP contribution >= 0.6 is 11.6 Å². The Bertz CT molecular complexity index is 432. The molecule has 0 heterocycles. The molecule has 1 atom stereocenters. The zero-order chi connectivity index (χ0) is 12.6. The topological polar surface area (TPSA) is 37.3 Å². The number of aryl methyl sites for hydroxylation is 1. The minimum absolute atomic E-state index is 0.0377. The standard InChI is InChI=1S/C13H14ClFO2/c1-7-4-9(5-11(14)13(7)15)10(6-12(16)17)8-2-3-8/h4-5,8,10H,2-3,6H2,1H3,(H,16,17). The summed E-state index contributed by atoms with van der Waals surface area (Å²) in [5.74, 6) is -0.864. The van der Waals surface area contributed by atoms with Gasteiger partial charge in [0.1, 0.15) is 5.82 Å². The number of carboxylic acids is 1. The Morgan fingerprint density at radius 1 is 1.59 bits per heavy atom. The number of halogens is 2. The van der Waals surface area contributed by atoms with Crippen LogP contribution in [0.4, 0.5) is 4.39 Å². The molecule has 0 radical (unpaired) electrons. The quantitative estimate of drug-likeness (QED) is 0.891. The normalized spacial score (nSPS) is 16.9. The average molecular weight is 257 g/mol. The van der Waals surface area contributed by atoms with E-state index in [4.69, 9.17) is 16.7 Å². The van der Waals surface area contributed by atoms with Crippen molar-refractivity contribution in [3.63, 3.8) is 0 Å². The van der Waals surface area contributed by atoms with E-state index in [-0.39, 0.29) is 17.4 Å². The van der Waals surface area contributed by atoms with Crippen LogP contribution in [-0.2, 0) is 4.79 Å². The van der Waals surface area contributed by atoms with Gasteiger partial charge in [0.05, 0.1) is 11.4 Å². The molecule has 1 aromatic rings. The zero-order valence-corrected chi connectivity index (χ0v) is 10.3. The van der Waals surface area contributed by atoms with Crippen LogP contribution in [0.2, 0.25) is 5.02 Å². The number of benzene rings is 1. The molecule has 92 valence electrons. The Balaban J connectivity index is 2.32. The van der Waals surface area contributed by atoms with Gasteiger partial charge in [-0.3, -0.25) is 4.79 Å². The number of hydrogen-bond donors (Lipinski definition) is 1. The Hall–Kier alpha value is -1.09. The summed E-state index contributed by atoms with van der Waals surface area (Å²) >= 11 is 5.80. The van der Waals surface area contributed by atoms with Crippen LogP contribution in [0.5, 0.6) is 0 Å². The van der Waals surface area contributed by atoms with E-state index in [1.165, 1.54) is 0 Å². The highest BCUT2D eigenvalue weighted by Crippen LogP contribution is 2.45. The molecule has 1 N–H and O–H groups in total. The third kappa shape index (κ3) is 2.78. The summed E-state index contributed by atoms with van der Waals surface area (Å²) in [7, 11) is 0.